The van der Waals surface area contributed by atoms with Gasteiger partial charge in [0.1, 0.15) is 11.9 Å². The molecule has 164 valence electrons. The smallest absolute Gasteiger partial charge is 0.298 e. The number of carbonyl (C=O) groups excluding carboxylic acids is 2. The van der Waals surface area contributed by atoms with Crippen LogP contribution in [0.5, 0.6) is 0 Å². The van der Waals surface area contributed by atoms with Crippen molar-refractivity contribution in [1.29, 1.82) is 5.26 Å². The third-order valence-corrected chi connectivity index (χ3v) is 6.93. The van der Waals surface area contributed by atoms with Gasteiger partial charge >= 0.3 is 0 Å². The number of rotatable bonds is 4. The molecule has 2 amide bonds. The van der Waals surface area contributed by atoms with Gasteiger partial charge in [0, 0.05) is 56.2 Å². The van der Waals surface area contributed by atoms with Gasteiger partial charge in [0.15, 0.2) is 0 Å². The number of piperazine rings is 1. The maximum Gasteiger partial charge on any atom is 0.298 e. The number of hydrogen-bond acceptors (Lipinski definition) is 5. The number of nitrogens with zero attached hydrogens (tertiary/aromatic N) is 5. The van der Waals surface area contributed by atoms with E-state index in [1.54, 1.807) is 4.90 Å². The van der Waals surface area contributed by atoms with Crippen LogP contribution in [-0.4, -0.2) is 65.4 Å². The van der Waals surface area contributed by atoms with Gasteiger partial charge in [-0.2, -0.15) is 5.26 Å². The highest BCUT2D eigenvalue weighted by molar-refractivity contribution is 5.95. The van der Waals surface area contributed by atoms with E-state index in [1.165, 1.54) is 0 Å². The largest absolute Gasteiger partial charge is 0.352 e. The van der Waals surface area contributed by atoms with Crippen molar-refractivity contribution < 1.29 is 9.59 Å². The Labute approximate surface area is 188 Å². The van der Waals surface area contributed by atoms with Crippen molar-refractivity contribution in [3.05, 3.63) is 29.0 Å². The van der Waals surface area contributed by atoms with Gasteiger partial charge < -0.3 is 14.7 Å². The van der Waals surface area contributed by atoms with Crippen LogP contribution in [0, 0.1) is 29.6 Å². The van der Waals surface area contributed by atoms with Crippen molar-refractivity contribution in [1.82, 2.24) is 14.8 Å². The second-order valence-electron chi connectivity index (χ2n) is 9.34. The Balaban J connectivity index is 1.42. The van der Waals surface area contributed by atoms with Gasteiger partial charge in [-0.1, -0.05) is 6.08 Å². The van der Waals surface area contributed by atoms with Crippen molar-refractivity contribution in [2.75, 3.05) is 37.6 Å². The van der Waals surface area contributed by atoms with Crippen molar-refractivity contribution in [3.8, 4) is 18.4 Å². The van der Waals surface area contributed by atoms with Crippen molar-refractivity contribution >= 4 is 23.2 Å². The molecule has 2 aliphatic heterocycles. The van der Waals surface area contributed by atoms with Crippen LogP contribution in [0.2, 0.25) is 0 Å². The minimum Gasteiger partial charge on any atom is -0.352 e. The first-order valence-corrected chi connectivity index (χ1v) is 11.5. The van der Waals surface area contributed by atoms with Crippen LogP contribution in [0.15, 0.2) is 12.1 Å². The van der Waals surface area contributed by atoms with Crippen molar-refractivity contribution in [2.45, 2.75) is 44.6 Å². The summed E-state index contributed by atoms with van der Waals surface area (Å²) in [4.78, 5) is 35.3. The average Bonchev–Trinajstić information content (AvgIpc) is 3.75. The lowest BCUT2D eigenvalue weighted by molar-refractivity contribution is -0.135. The molecule has 32 heavy (non-hydrogen) atoms. The Morgan fingerprint density at radius 3 is 2.62 bits per heavy atom. The molecule has 7 nitrogen and oxygen atoms in total. The molecule has 3 heterocycles. The van der Waals surface area contributed by atoms with Gasteiger partial charge in [-0.25, -0.2) is 4.98 Å². The molecular weight excluding hydrogens is 402 g/mol. The lowest BCUT2D eigenvalue weighted by Gasteiger charge is -2.41. The summed E-state index contributed by atoms with van der Waals surface area (Å²) in [5.41, 5.74) is 3.54. The van der Waals surface area contributed by atoms with E-state index in [9.17, 15) is 14.9 Å². The molecule has 1 unspecified atom stereocenters. The van der Waals surface area contributed by atoms with E-state index in [2.05, 4.69) is 23.8 Å². The summed E-state index contributed by atoms with van der Waals surface area (Å²) in [6.45, 7) is 5.04. The fourth-order valence-electron chi connectivity index (χ4n) is 4.80. The van der Waals surface area contributed by atoms with E-state index < -0.39 is 0 Å². The van der Waals surface area contributed by atoms with E-state index in [1.807, 2.05) is 17.0 Å². The number of amides is 2. The highest BCUT2D eigenvalue weighted by Gasteiger charge is 2.38. The molecule has 7 heteroatoms. The molecule has 0 aromatic carbocycles. The predicted octanol–water partition coefficient (Wildman–Crippen LogP) is 2.14. The number of aromatic nitrogens is 1. The third kappa shape index (κ3) is 3.73. The molecule has 2 aliphatic carbocycles. The van der Waals surface area contributed by atoms with Gasteiger partial charge in [0.05, 0.1) is 11.3 Å². The molecule has 5 rings (SSSR count). The fraction of sp³-hybridized carbons (Fsp3) is 0.520. The highest BCUT2D eigenvalue weighted by Crippen LogP contribution is 2.44. The first kappa shape index (κ1) is 20.6. The van der Waals surface area contributed by atoms with Crippen LogP contribution in [0.1, 0.15) is 55.3 Å². The second kappa shape index (κ2) is 7.98. The number of nitriles is 1. The molecule has 3 fully saturated rings. The Morgan fingerprint density at radius 1 is 1.22 bits per heavy atom. The summed E-state index contributed by atoms with van der Waals surface area (Å²) in [5.74, 6) is 3.47. The fourth-order valence-corrected chi connectivity index (χ4v) is 4.80. The summed E-state index contributed by atoms with van der Waals surface area (Å²) in [5, 5.41) is 9.94. The van der Waals surface area contributed by atoms with E-state index in [0.29, 0.717) is 44.2 Å². The minimum atomic E-state index is -0.318. The van der Waals surface area contributed by atoms with Crippen molar-refractivity contribution in [2.24, 2.45) is 5.92 Å². The van der Waals surface area contributed by atoms with Gasteiger partial charge in [0.2, 0.25) is 5.91 Å². The topological polar surface area (TPSA) is 80.5 Å². The third-order valence-electron chi connectivity index (χ3n) is 6.93. The van der Waals surface area contributed by atoms with Gasteiger partial charge in [0.25, 0.3) is 5.91 Å². The maximum absolute atomic E-state index is 12.6. The zero-order chi connectivity index (χ0) is 22.4. The summed E-state index contributed by atoms with van der Waals surface area (Å²) in [6.07, 6.45) is 11.5. The van der Waals surface area contributed by atoms with Gasteiger partial charge in [-0.15, -0.1) is 6.42 Å². The number of anilines is 1. The second-order valence-corrected chi connectivity index (χ2v) is 9.34. The number of terminal acetylenes is 1. The van der Waals surface area contributed by atoms with E-state index in [0.717, 1.165) is 48.3 Å². The Hall–Kier alpha value is -3.32. The zero-order valence-corrected chi connectivity index (χ0v) is 18.4. The predicted molar refractivity (Wildman–Crippen MR) is 120 cm³/mol. The normalized spacial score (nSPS) is 22.9. The van der Waals surface area contributed by atoms with Crippen molar-refractivity contribution in [3.63, 3.8) is 0 Å². The molecular formula is C25H27N5O2. The molecule has 1 saturated heterocycles. The molecule has 0 N–H and O–H groups in total. The maximum atomic E-state index is 12.6. The Morgan fingerprint density at radius 2 is 2.00 bits per heavy atom. The van der Waals surface area contributed by atoms with Gasteiger partial charge in [-0.3, -0.25) is 9.59 Å². The Bertz CT molecular complexity index is 1090. The molecule has 4 aliphatic rings. The summed E-state index contributed by atoms with van der Waals surface area (Å²) < 4.78 is 0. The molecule has 0 spiro atoms. The molecule has 0 bridgehead atoms. The highest BCUT2D eigenvalue weighted by atomic mass is 16.2. The SMILES string of the molecule is C#CC(=O)N1CC=C(c2cc(C#N)c(N3CCN(C(=O)C4CC4)C(C)C3)nc2C2CC2)C1. The lowest BCUT2D eigenvalue weighted by Crippen LogP contribution is -2.55. The van der Waals surface area contributed by atoms with E-state index in [-0.39, 0.29) is 23.8 Å². The molecule has 1 atom stereocenters. The summed E-state index contributed by atoms with van der Waals surface area (Å²) in [6, 6.07) is 4.38. The standard InChI is InChI=1S/C25H27N5O2/c1-3-22(31)28-9-8-19(15-28)21-12-20(13-26)24(27-23(21)17-4-5-17)29-10-11-30(16(2)14-29)25(32)18-6-7-18/h1,8,12,16-18H,4-7,9-11,14-15H2,2H3. The number of carbonyl (C=O) groups is 2. The summed E-state index contributed by atoms with van der Waals surface area (Å²) >= 11 is 0. The summed E-state index contributed by atoms with van der Waals surface area (Å²) in [7, 11) is 0. The number of hydrogen-bond donors (Lipinski definition) is 0. The molecule has 0 radical (unpaired) electrons. The van der Waals surface area contributed by atoms with Crippen LogP contribution < -0.4 is 4.90 Å². The van der Waals surface area contributed by atoms with Crippen LogP contribution >= 0.6 is 0 Å². The average molecular weight is 430 g/mol. The first-order chi connectivity index (χ1) is 15.5. The molecule has 2 saturated carbocycles. The van der Waals surface area contributed by atoms with E-state index >= 15 is 0 Å². The van der Waals surface area contributed by atoms with Crippen LogP contribution in [0.3, 0.4) is 0 Å². The van der Waals surface area contributed by atoms with E-state index in [4.69, 9.17) is 11.4 Å². The Kier molecular flexibility index (Phi) is 5.13. The van der Waals surface area contributed by atoms with Crippen LogP contribution in [-0.2, 0) is 9.59 Å². The number of pyridine rings is 1. The van der Waals surface area contributed by atoms with Crippen LogP contribution in [0.25, 0.3) is 5.57 Å². The van der Waals surface area contributed by atoms with Crippen LogP contribution in [0.4, 0.5) is 5.82 Å². The molecule has 1 aromatic heterocycles. The van der Waals surface area contributed by atoms with Gasteiger partial charge in [-0.05, 0) is 50.2 Å². The lowest BCUT2D eigenvalue weighted by atomic mass is 9.99. The zero-order valence-electron chi connectivity index (χ0n) is 18.4. The first-order valence-electron chi connectivity index (χ1n) is 11.5. The monoisotopic (exact) mass is 429 g/mol. The molecule has 1 aromatic rings. The minimum absolute atomic E-state index is 0.0927. The quantitative estimate of drug-likeness (QED) is 0.685.